The van der Waals surface area contributed by atoms with Gasteiger partial charge >= 0.3 is 0 Å². The molecule has 6 heteroatoms. The van der Waals surface area contributed by atoms with Crippen molar-refractivity contribution >= 4 is 17.5 Å². The van der Waals surface area contributed by atoms with Crippen LogP contribution in [-0.2, 0) is 20.9 Å². The molecule has 0 saturated carbocycles. The molecular weight excluding hydrogens is 342 g/mol. The van der Waals surface area contributed by atoms with E-state index in [0.717, 1.165) is 11.3 Å². The summed E-state index contributed by atoms with van der Waals surface area (Å²) in [5.74, 6) is -1.17. The number of benzene rings is 1. The van der Waals surface area contributed by atoms with Gasteiger partial charge in [-0.05, 0) is 29.8 Å². The first kappa shape index (κ1) is 16.2. The average molecular weight is 361 g/mol. The Labute approximate surface area is 156 Å². The highest BCUT2D eigenvalue weighted by atomic mass is 16.5. The van der Waals surface area contributed by atoms with E-state index in [1.807, 2.05) is 54.6 Å². The number of likely N-dealkylation sites (tertiary alicyclic amines) is 1. The van der Waals surface area contributed by atoms with Crippen LogP contribution in [0.15, 0.2) is 67.0 Å². The summed E-state index contributed by atoms with van der Waals surface area (Å²) in [7, 11) is 0. The molecule has 1 aromatic carbocycles. The maximum Gasteiger partial charge on any atom is 0.231 e. The quantitative estimate of drug-likeness (QED) is 0.846. The smallest absolute Gasteiger partial charge is 0.231 e. The molecule has 2 aromatic rings. The molecule has 3 aliphatic heterocycles. The largest absolute Gasteiger partial charge is 0.360 e. The topological polar surface area (TPSA) is 71.5 Å². The molecule has 2 saturated heterocycles. The molecule has 5 rings (SSSR count). The fourth-order valence-corrected chi connectivity index (χ4v) is 4.47. The van der Waals surface area contributed by atoms with Crippen molar-refractivity contribution in [2.75, 3.05) is 11.9 Å². The number of ether oxygens (including phenoxy) is 1. The van der Waals surface area contributed by atoms with Gasteiger partial charge in [0, 0.05) is 24.6 Å². The van der Waals surface area contributed by atoms with Crippen LogP contribution in [-0.4, -0.2) is 39.9 Å². The molecule has 27 heavy (non-hydrogen) atoms. The predicted octanol–water partition coefficient (Wildman–Crippen LogP) is 2.00. The van der Waals surface area contributed by atoms with Crippen LogP contribution in [0.5, 0.6) is 0 Å². The summed E-state index contributed by atoms with van der Waals surface area (Å²) < 4.78 is 6.15. The standard InChI is InChI=1S/C21H19N3O3/c25-19(23-15-4-2-1-3-5-15)17-16-6-9-21(27-16)13-24(20(26)18(17)21)12-14-7-10-22-11-8-14/h1-11,16-18H,12-13H2,(H,23,25)/t16-,17-,18-,21-/m0/s1. The van der Waals surface area contributed by atoms with E-state index < -0.39 is 17.4 Å². The number of anilines is 1. The van der Waals surface area contributed by atoms with Gasteiger partial charge in [0.15, 0.2) is 0 Å². The molecule has 2 bridgehead atoms. The molecule has 1 N–H and O–H groups in total. The summed E-state index contributed by atoms with van der Waals surface area (Å²) in [5.41, 5.74) is 1.05. The first-order valence-electron chi connectivity index (χ1n) is 9.07. The van der Waals surface area contributed by atoms with Crippen molar-refractivity contribution in [3.8, 4) is 0 Å². The minimum absolute atomic E-state index is 0.0214. The summed E-state index contributed by atoms with van der Waals surface area (Å²) in [6, 6.07) is 13.1. The number of pyridine rings is 1. The van der Waals surface area contributed by atoms with Crippen molar-refractivity contribution in [1.29, 1.82) is 0 Å². The third kappa shape index (κ3) is 2.56. The van der Waals surface area contributed by atoms with Crippen LogP contribution in [0.25, 0.3) is 0 Å². The lowest BCUT2D eigenvalue weighted by Gasteiger charge is -2.23. The van der Waals surface area contributed by atoms with E-state index in [2.05, 4.69) is 10.3 Å². The fraction of sp³-hybridized carbons (Fsp3) is 0.286. The van der Waals surface area contributed by atoms with Gasteiger partial charge in [0.1, 0.15) is 5.60 Å². The minimum atomic E-state index is -0.687. The van der Waals surface area contributed by atoms with Gasteiger partial charge in [-0.25, -0.2) is 0 Å². The zero-order chi connectivity index (χ0) is 18.4. The van der Waals surface area contributed by atoms with Crippen LogP contribution >= 0.6 is 0 Å². The Morgan fingerprint density at radius 1 is 1.22 bits per heavy atom. The fourth-order valence-electron chi connectivity index (χ4n) is 4.47. The van der Waals surface area contributed by atoms with E-state index in [4.69, 9.17) is 4.74 Å². The van der Waals surface area contributed by atoms with Crippen molar-refractivity contribution in [3.63, 3.8) is 0 Å². The predicted molar refractivity (Wildman–Crippen MR) is 98.4 cm³/mol. The van der Waals surface area contributed by atoms with Gasteiger partial charge in [0.25, 0.3) is 0 Å². The first-order chi connectivity index (χ1) is 13.2. The highest BCUT2D eigenvalue weighted by molar-refractivity contribution is 5.99. The third-order valence-corrected chi connectivity index (χ3v) is 5.65. The number of rotatable bonds is 4. The molecule has 0 unspecified atom stereocenters. The van der Waals surface area contributed by atoms with E-state index in [1.54, 1.807) is 17.3 Å². The molecular formula is C21H19N3O3. The van der Waals surface area contributed by atoms with Crippen molar-refractivity contribution < 1.29 is 14.3 Å². The van der Waals surface area contributed by atoms with E-state index >= 15 is 0 Å². The van der Waals surface area contributed by atoms with Gasteiger partial charge in [-0.3, -0.25) is 14.6 Å². The molecule has 1 aromatic heterocycles. The van der Waals surface area contributed by atoms with Gasteiger partial charge in [0.2, 0.25) is 11.8 Å². The number of aromatic nitrogens is 1. The Hall–Kier alpha value is -2.99. The lowest BCUT2D eigenvalue weighted by molar-refractivity contribution is -0.136. The van der Waals surface area contributed by atoms with E-state index in [1.165, 1.54) is 0 Å². The monoisotopic (exact) mass is 361 g/mol. The lowest BCUT2D eigenvalue weighted by atomic mass is 9.77. The number of hydrogen-bond donors (Lipinski definition) is 1. The molecule has 4 heterocycles. The second kappa shape index (κ2) is 6.03. The number of carbonyl (C=O) groups excluding carboxylic acids is 2. The lowest BCUT2D eigenvalue weighted by Crippen LogP contribution is -2.41. The number of carbonyl (C=O) groups is 2. The summed E-state index contributed by atoms with van der Waals surface area (Å²) >= 11 is 0. The SMILES string of the molecule is O=C(Nc1ccccc1)[C@H]1[C@@H]2C=C[C@@]3(CN(Cc4ccncc4)C(=O)[C@H]13)O2. The van der Waals surface area contributed by atoms with Gasteiger partial charge in [-0.2, -0.15) is 0 Å². The number of para-hydroxylation sites is 1. The molecule has 3 aliphatic rings. The van der Waals surface area contributed by atoms with Crippen LogP contribution in [0.4, 0.5) is 5.69 Å². The van der Waals surface area contributed by atoms with Gasteiger partial charge < -0.3 is 15.0 Å². The first-order valence-corrected chi connectivity index (χ1v) is 9.07. The van der Waals surface area contributed by atoms with E-state index in [9.17, 15) is 9.59 Å². The normalized spacial score (nSPS) is 30.6. The Balaban J connectivity index is 1.39. The Morgan fingerprint density at radius 2 is 2.00 bits per heavy atom. The molecule has 136 valence electrons. The zero-order valence-corrected chi connectivity index (χ0v) is 14.6. The van der Waals surface area contributed by atoms with Crippen molar-refractivity contribution in [2.45, 2.75) is 18.2 Å². The van der Waals surface area contributed by atoms with Crippen LogP contribution in [0.3, 0.4) is 0 Å². The maximum absolute atomic E-state index is 13.2. The van der Waals surface area contributed by atoms with Gasteiger partial charge in [0.05, 0.1) is 24.5 Å². The summed E-state index contributed by atoms with van der Waals surface area (Å²) in [6.45, 7) is 0.968. The number of nitrogens with zero attached hydrogens (tertiary/aromatic N) is 2. The minimum Gasteiger partial charge on any atom is -0.360 e. The average Bonchev–Trinajstić information content (AvgIpc) is 3.32. The Morgan fingerprint density at radius 3 is 2.78 bits per heavy atom. The molecule has 4 atom stereocenters. The second-order valence-corrected chi connectivity index (χ2v) is 7.31. The van der Waals surface area contributed by atoms with E-state index in [-0.39, 0.29) is 17.9 Å². The number of amides is 2. The second-order valence-electron chi connectivity index (χ2n) is 7.31. The summed E-state index contributed by atoms with van der Waals surface area (Å²) in [6.07, 6.45) is 6.99. The highest BCUT2D eigenvalue weighted by Gasteiger charge is 2.66. The molecule has 1 spiro atoms. The van der Waals surface area contributed by atoms with Crippen LogP contribution in [0, 0.1) is 11.8 Å². The van der Waals surface area contributed by atoms with Crippen molar-refractivity contribution in [2.24, 2.45) is 11.8 Å². The molecule has 6 nitrogen and oxygen atoms in total. The highest BCUT2D eigenvalue weighted by Crippen LogP contribution is 2.52. The maximum atomic E-state index is 13.2. The van der Waals surface area contributed by atoms with Crippen LogP contribution < -0.4 is 5.32 Å². The molecule has 2 amide bonds. The molecule has 2 fully saturated rings. The number of hydrogen-bond acceptors (Lipinski definition) is 4. The van der Waals surface area contributed by atoms with Crippen LogP contribution in [0.2, 0.25) is 0 Å². The molecule has 0 aliphatic carbocycles. The Kier molecular flexibility index (Phi) is 3.62. The summed E-state index contributed by atoms with van der Waals surface area (Å²) in [4.78, 5) is 31.9. The number of fused-ring (bicyclic) bond motifs is 1. The third-order valence-electron chi connectivity index (χ3n) is 5.65. The van der Waals surface area contributed by atoms with Crippen molar-refractivity contribution in [3.05, 3.63) is 72.6 Å². The van der Waals surface area contributed by atoms with Gasteiger partial charge in [-0.15, -0.1) is 0 Å². The van der Waals surface area contributed by atoms with Crippen LogP contribution in [0.1, 0.15) is 5.56 Å². The van der Waals surface area contributed by atoms with E-state index in [0.29, 0.717) is 13.1 Å². The van der Waals surface area contributed by atoms with Gasteiger partial charge in [-0.1, -0.05) is 30.4 Å². The van der Waals surface area contributed by atoms with Crippen molar-refractivity contribution in [1.82, 2.24) is 9.88 Å². The molecule has 0 radical (unpaired) electrons. The zero-order valence-electron chi connectivity index (χ0n) is 14.6. The summed E-state index contributed by atoms with van der Waals surface area (Å²) in [5, 5.41) is 2.93. The number of nitrogens with one attached hydrogen (secondary N) is 1. The Bertz CT molecular complexity index is 915.